The second kappa shape index (κ2) is 8.51. The number of likely N-dealkylation sites (N-methyl/N-ethyl adjacent to an activating group) is 1. The normalized spacial score (nSPS) is 18.1. The van der Waals surface area contributed by atoms with Crippen molar-refractivity contribution in [1.82, 2.24) is 15.1 Å². The van der Waals surface area contributed by atoms with Gasteiger partial charge in [0.1, 0.15) is 0 Å². The topological polar surface area (TPSA) is 35.6 Å². The first-order chi connectivity index (χ1) is 10.6. The lowest BCUT2D eigenvalue weighted by Crippen LogP contribution is -2.48. The minimum absolute atomic E-state index is 0.119. The first kappa shape index (κ1) is 17.3. The van der Waals surface area contributed by atoms with Gasteiger partial charge in [-0.05, 0) is 25.1 Å². The van der Waals surface area contributed by atoms with E-state index < -0.39 is 0 Å². The van der Waals surface area contributed by atoms with Crippen molar-refractivity contribution in [3.8, 4) is 0 Å². The van der Waals surface area contributed by atoms with Gasteiger partial charge in [0.05, 0.1) is 6.04 Å². The number of piperazine rings is 1. The number of hydrogen-bond donors (Lipinski definition) is 1. The van der Waals surface area contributed by atoms with Crippen LogP contribution in [0.4, 0.5) is 0 Å². The Morgan fingerprint density at radius 2 is 1.95 bits per heavy atom. The van der Waals surface area contributed by atoms with Gasteiger partial charge in [0, 0.05) is 44.2 Å². The maximum Gasteiger partial charge on any atom is 0.220 e. The lowest BCUT2D eigenvalue weighted by molar-refractivity contribution is -0.121. The number of hydrogen-bond acceptors (Lipinski definition) is 3. The summed E-state index contributed by atoms with van der Waals surface area (Å²) in [7, 11) is 2.14. The molecule has 0 spiro atoms. The largest absolute Gasteiger partial charge is 0.354 e. The van der Waals surface area contributed by atoms with Crippen LogP contribution in [0.3, 0.4) is 0 Å². The Balaban J connectivity index is 2.10. The minimum Gasteiger partial charge on any atom is -0.354 e. The predicted molar refractivity (Wildman–Crippen MR) is 91.2 cm³/mol. The highest BCUT2D eigenvalue weighted by atomic mass is 35.5. The van der Waals surface area contributed by atoms with Crippen molar-refractivity contribution in [2.75, 3.05) is 39.8 Å². The van der Waals surface area contributed by atoms with Crippen LogP contribution in [0.1, 0.15) is 31.4 Å². The van der Waals surface area contributed by atoms with Crippen molar-refractivity contribution in [3.05, 3.63) is 34.9 Å². The van der Waals surface area contributed by atoms with Crippen LogP contribution < -0.4 is 5.32 Å². The highest BCUT2D eigenvalue weighted by Crippen LogP contribution is 2.27. The number of nitrogens with one attached hydrogen (secondary N) is 1. The highest BCUT2D eigenvalue weighted by molar-refractivity contribution is 6.31. The Morgan fingerprint density at radius 3 is 2.59 bits per heavy atom. The summed E-state index contributed by atoms with van der Waals surface area (Å²) < 4.78 is 0. The molecule has 4 nitrogen and oxygen atoms in total. The second-order valence-corrected chi connectivity index (χ2v) is 6.34. The molecule has 0 aromatic heterocycles. The van der Waals surface area contributed by atoms with E-state index >= 15 is 0 Å². The molecule has 0 aliphatic carbocycles. The van der Waals surface area contributed by atoms with Gasteiger partial charge in [-0.2, -0.15) is 0 Å². The van der Waals surface area contributed by atoms with E-state index in [4.69, 9.17) is 11.6 Å². The van der Waals surface area contributed by atoms with E-state index in [0.29, 0.717) is 13.0 Å². The summed E-state index contributed by atoms with van der Waals surface area (Å²) in [6.07, 6.45) is 1.45. The summed E-state index contributed by atoms with van der Waals surface area (Å²) in [6.45, 7) is 6.72. The van der Waals surface area contributed by atoms with Crippen molar-refractivity contribution < 1.29 is 4.79 Å². The zero-order chi connectivity index (χ0) is 15.9. The summed E-state index contributed by atoms with van der Waals surface area (Å²) in [5.41, 5.74) is 1.10. The molecule has 1 fully saturated rings. The van der Waals surface area contributed by atoms with Crippen molar-refractivity contribution in [1.29, 1.82) is 0 Å². The molecule has 0 saturated carbocycles. The highest BCUT2D eigenvalue weighted by Gasteiger charge is 2.25. The van der Waals surface area contributed by atoms with E-state index in [0.717, 1.165) is 43.2 Å². The first-order valence-electron chi connectivity index (χ1n) is 8.05. The molecule has 1 unspecified atom stereocenters. The summed E-state index contributed by atoms with van der Waals surface area (Å²) >= 11 is 6.39. The number of rotatable bonds is 6. The van der Waals surface area contributed by atoms with Crippen molar-refractivity contribution in [2.24, 2.45) is 0 Å². The molecule has 1 heterocycles. The molecule has 1 aromatic carbocycles. The Hall–Kier alpha value is -1.10. The number of halogens is 1. The molecule has 0 radical (unpaired) electrons. The van der Waals surface area contributed by atoms with E-state index in [2.05, 4.69) is 28.2 Å². The van der Waals surface area contributed by atoms with Gasteiger partial charge in [0.2, 0.25) is 5.91 Å². The molecule has 2 rings (SSSR count). The fourth-order valence-corrected chi connectivity index (χ4v) is 3.10. The van der Waals surface area contributed by atoms with Crippen molar-refractivity contribution in [2.45, 2.75) is 25.8 Å². The van der Waals surface area contributed by atoms with Gasteiger partial charge >= 0.3 is 0 Å². The summed E-state index contributed by atoms with van der Waals surface area (Å²) in [5, 5.41) is 3.84. The fourth-order valence-electron chi connectivity index (χ4n) is 2.84. The van der Waals surface area contributed by atoms with E-state index in [1.54, 1.807) is 0 Å². The lowest BCUT2D eigenvalue weighted by Gasteiger charge is -2.38. The Bertz CT molecular complexity index is 487. The smallest absolute Gasteiger partial charge is 0.220 e. The Morgan fingerprint density at radius 1 is 1.27 bits per heavy atom. The van der Waals surface area contributed by atoms with E-state index in [1.165, 1.54) is 0 Å². The second-order valence-electron chi connectivity index (χ2n) is 5.93. The molecule has 1 saturated heterocycles. The average Bonchev–Trinajstić information content (AvgIpc) is 2.51. The third-order valence-corrected chi connectivity index (χ3v) is 4.56. The van der Waals surface area contributed by atoms with Gasteiger partial charge in [-0.1, -0.05) is 36.7 Å². The molecular formula is C17H26ClN3O. The first-order valence-corrected chi connectivity index (χ1v) is 8.43. The molecule has 0 bridgehead atoms. The van der Waals surface area contributed by atoms with Crippen LogP contribution in [0, 0.1) is 0 Å². The Kier molecular flexibility index (Phi) is 6.68. The summed E-state index contributed by atoms with van der Waals surface area (Å²) in [6, 6.07) is 8.09. The van der Waals surface area contributed by atoms with Crippen LogP contribution in [0.15, 0.2) is 24.3 Å². The van der Waals surface area contributed by atoms with Gasteiger partial charge in [-0.25, -0.2) is 0 Å². The van der Waals surface area contributed by atoms with Gasteiger partial charge in [-0.15, -0.1) is 0 Å². The molecule has 1 aliphatic rings. The lowest BCUT2D eigenvalue weighted by atomic mass is 10.0. The fraction of sp³-hybridized carbons (Fsp3) is 0.588. The molecule has 1 aliphatic heterocycles. The molecule has 1 N–H and O–H groups in total. The quantitative estimate of drug-likeness (QED) is 0.874. The van der Waals surface area contributed by atoms with Crippen LogP contribution in [0.5, 0.6) is 0 Å². The molecule has 5 heteroatoms. The van der Waals surface area contributed by atoms with E-state index in [1.807, 2.05) is 25.1 Å². The maximum atomic E-state index is 11.8. The summed E-state index contributed by atoms with van der Waals surface area (Å²) in [4.78, 5) is 16.6. The standard InChI is InChI=1S/C17H26ClN3O/c1-3-6-17(22)19-13-16(14-7-4-5-8-15(14)18)21-11-9-20(2)10-12-21/h4-5,7-8,16H,3,6,9-13H2,1-2H3,(H,19,22). The third kappa shape index (κ3) is 4.70. The van der Waals surface area contributed by atoms with Crippen molar-refractivity contribution >= 4 is 17.5 Å². The zero-order valence-electron chi connectivity index (χ0n) is 13.5. The van der Waals surface area contributed by atoms with Crippen LogP contribution >= 0.6 is 11.6 Å². The minimum atomic E-state index is 0.119. The van der Waals surface area contributed by atoms with Gasteiger partial charge < -0.3 is 10.2 Å². The SMILES string of the molecule is CCCC(=O)NCC(c1ccccc1Cl)N1CCN(C)CC1. The van der Waals surface area contributed by atoms with Crippen LogP contribution in [-0.2, 0) is 4.79 Å². The molecule has 22 heavy (non-hydrogen) atoms. The van der Waals surface area contributed by atoms with Gasteiger partial charge in [-0.3, -0.25) is 9.69 Å². The predicted octanol–water partition coefficient (Wildman–Crippen LogP) is 2.54. The van der Waals surface area contributed by atoms with E-state index in [9.17, 15) is 4.79 Å². The number of benzene rings is 1. The number of amides is 1. The molecule has 1 amide bonds. The zero-order valence-corrected chi connectivity index (χ0v) is 14.3. The average molecular weight is 324 g/mol. The molecule has 1 atom stereocenters. The number of nitrogens with zero attached hydrogens (tertiary/aromatic N) is 2. The van der Waals surface area contributed by atoms with Crippen LogP contribution in [0.25, 0.3) is 0 Å². The Labute approximate surface area is 138 Å². The van der Waals surface area contributed by atoms with Crippen molar-refractivity contribution in [3.63, 3.8) is 0 Å². The maximum absolute atomic E-state index is 11.8. The molecular weight excluding hydrogens is 298 g/mol. The third-order valence-electron chi connectivity index (χ3n) is 4.21. The van der Waals surface area contributed by atoms with E-state index in [-0.39, 0.29) is 11.9 Å². The molecule has 1 aromatic rings. The molecule has 122 valence electrons. The van der Waals surface area contributed by atoms with Crippen LogP contribution in [-0.4, -0.2) is 55.5 Å². The number of carbonyl (C=O) groups excluding carboxylic acids is 1. The summed E-state index contributed by atoms with van der Waals surface area (Å²) in [5.74, 6) is 0.119. The van der Waals surface area contributed by atoms with Crippen LogP contribution in [0.2, 0.25) is 5.02 Å². The van der Waals surface area contributed by atoms with Gasteiger partial charge in [0.25, 0.3) is 0 Å². The monoisotopic (exact) mass is 323 g/mol. The number of carbonyl (C=O) groups is 1. The van der Waals surface area contributed by atoms with Gasteiger partial charge in [0.15, 0.2) is 0 Å².